The van der Waals surface area contributed by atoms with Gasteiger partial charge in [0.2, 0.25) is 0 Å². The summed E-state index contributed by atoms with van der Waals surface area (Å²) in [5, 5.41) is 9.64. The second kappa shape index (κ2) is 6.64. The molecule has 0 bridgehead atoms. The van der Waals surface area contributed by atoms with Crippen molar-refractivity contribution < 1.29 is 23.8 Å². The average Bonchev–Trinajstić information content (AvgIpc) is 2.44. The highest BCUT2D eigenvalue weighted by Crippen LogP contribution is 2.50. The normalized spacial score (nSPS) is 25.2. The van der Waals surface area contributed by atoms with E-state index in [0.29, 0.717) is 13.0 Å². The van der Waals surface area contributed by atoms with E-state index in [-0.39, 0.29) is 13.0 Å². The van der Waals surface area contributed by atoms with E-state index in [1.807, 2.05) is 0 Å². The van der Waals surface area contributed by atoms with Crippen LogP contribution in [0.15, 0.2) is 12.7 Å². The van der Waals surface area contributed by atoms with Crippen LogP contribution in [0, 0.1) is 5.41 Å². The molecule has 2 unspecified atom stereocenters. The zero-order valence-electron chi connectivity index (χ0n) is 13.2. The van der Waals surface area contributed by atoms with Crippen LogP contribution in [0.25, 0.3) is 0 Å². The molecule has 1 rings (SSSR count). The third kappa shape index (κ3) is 3.67. The number of carboxylic acids is 1. The maximum absolute atomic E-state index is 15.1. The van der Waals surface area contributed by atoms with Gasteiger partial charge in [0.15, 0.2) is 3.68 Å². The maximum atomic E-state index is 15.1. The molecule has 1 aliphatic rings. The molecule has 1 saturated heterocycles. The van der Waals surface area contributed by atoms with Gasteiger partial charge in [0.05, 0.1) is 0 Å². The van der Waals surface area contributed by atoms with Crippen molar-refractivity contribution in [2.45, 2.75) is 42.9 Å². The van der Waals surface area contributed by atoms with Gasteiger partial charge >= 0.3 is 12.1 Å². The van der Waals surface area contributed by atoms with Crippen molar-refractivity contribution in [1.82, 2.24) is 4.90 Å². The lowest BCUT2D eigenvalue weighted by Crippen LogP contribution is -2.58. The quantitative estimate of drug-likeness (QED) is 0.425. The van der Waals surface area contributed by atoms with E-state index in [4.69, 9.17) is 4.74 Å². The van der Waals surface area contributed by atoms with Gasteiger partial charge in [0.1, 0.15) is 11.0 Å². The largest absolute Gasteiger partial charge is 0.481 e. The Bertz CT molecular complexity index is 480. The number of hydrogen-bond acceptors (Lipinski definition) is 3. The molecule has 126 valence electrons. The number of piperidine rings is 1. The number of carbonyl (C=O) groups excluding carboxylic acids is 1. The van der Waals surface area contributed by atoms with Crippen molar-refractivity contribution in [3.63, 3.8) is 0 Å². The molecule has 0 radical (unpaired) electrons. The number of alkyl halides is 2. The Hall–Kier alpha value is -0.990. The van der Waals surface area contributed by atoms with Crippen LogP contribution >= 0.6 is 20.7 Å². The van der Waals surface area contributed by atoms with Gasteiger partial charge in [-0.2, -0.15) is 0 Å². The third-order valence-electron chi connectivity index (χ3n) is 3.64. The molecule has 1 fully saturated rings. The molecule has 5 nitrogen and oxygen atoms in total. The standard InChI is InChI=1S/C15H23FINO4/c1-6-15(16,17-5)14(11(19)20)8-7-9-18(10-14)12(21)22-13(2,3)4/h6H,1,5,7-10H2,2-4H3,(H,19,20). The van der Waals surface area contributed by atoms with E-state index in [1.165, 1.54) is 4.90 Å². The highest BCUT2D eigenvalue weighted by Gasteiger charge is 2.58. The molecule has 0 spiro atoms. The topological polar surface area (TPSA) is 66.8 Å². The Balaban J connectivity index is 3.12. The molecule has 0 aromatic carbocycles. The molecule has 1 N–H and O–H groups in total. The Morgan fingerprint density at radius 1 is 1.45 bits per heavy atom. The fourth-order valence-corrected chi connectivity index (χ4v) is 4.22. The Kier molecular flexibility index (Phi) is 5.75. The SMILES string of the molecule is C=CC(F)(I=C)C1(C(=O)O)CCCN(C(=O)OC(C)(C)C)C1. The van der Waals surface area contributed by atoms with Gasteiger partial charge in [-0.3, -0.25) is 4.79 Å². The summed E-state index contributed by atoms with van der Waals surface area (Å²) < 4.78 is 21.9. The van der Waals surface area contributed by atoms with E-state index in [0.717, 1.165) is 6.08 Å². The van der Waals surface area contributed by atoms with Crippen molar-refractivity contribution in [2.24, 2.45) is 5.41 Å². The van der Waals surface area contributed by atoms with Crippen LogP contribution in [0.4, 0.5) is 9.18 Å². The number of rotatable bonds is 4. The van der Waals surface area contributed by atoms with Crippen molar-refractivity contribution in [1.29, 1.82) is 0 Å². The maximum Gasteiger partial charge on any atom is 0.410 e. The van der Waals surface area contributed by atoms with Gasteiger partial charge in [-0.15, -0.1) is 0 Å². The summed E-state index contributed by atoms with van der Waals surface area (Å²) in [6.45, 7) is 8.75. The molecule has 0 aliphatic carbocycles. The number of ether oxygens (including phenoxy) is 1. The first-order valence-corrected chi connectivity index (χ1v) is 9.55. The summed E-state index contributed by atoms with van der Waals surface area (Å²) in [5.74, 6) is -1.26. The van der Waals surface area contributed by atoms with Crippen molar-refractivity contribution in [2.75, 3.05) is 13.1 Å². The molecule has 0 aromatic rings. The van der Waals surface area contributed by atoms with Crippen LogP contribution in [0.2, 0.25) is 0 Å². The molecule has 0 saturated carbocycles. The summed E-state index contributed by atoms with van der Waals surface area (Å²) in [6.07, 6.45) is 0.972. The molecule has 1 amide bonds. The number of aliphatic carboxylic acids is 1. The number of hydrogen-bond donors (Lipinski definition) is 1. The third-order valence-corrected chi connectivity index (χ3v) is 6.23. The molecule has 7 heteroatoms. The van der Waals surface area contributed by atoms with E-state index in [2.05, 4.69) is 11.1 Å². The first-order chi connectivity index (χ1) is 10.0. The van der Waals surface area contributed by atoms with Crippen molar-refractivity contribution in [3.05, 3.63) is 12.7 Å². The van der Waals surface area contributed by atoms with Gasteiger partial charge < -0.3 is 14.7 Å². The first-order valence-electron chi connectivity index (χ1n) is 6.95. The number of likely N-dealkylation sites (tertiary alicyclic amines) is 1. The lowest BCUT2D eigenvalue weighted by atomic mass is 9.76. The summed E-state index contributed by atoms with van der Waals surface area (Å²) in [7, 11) is 0. The van der Waals surface area contributed by atoms with Crippen molar-refractivity contribution >= 4 is 37.3 Å². The van der Waals surface area contributed by atoms with Gasteiger partial charge in [0.25, 0.3) is 0 Å². The van der Waals surface area contributed by atoms with Crippen LogP contribution in [0.5, 0.6) is 0 Å². The number of halogens is 2. The van der Waals surface area contributed by atoms with Crippen LogP contribution in [-0.4, -0.2) is 48.9 Å². The fourth-order valence-electron chi connectivity index (χ4n) is 2.50. The highest BCUT2D eigenvalue weighted by atomic mass is 127. The Morgan fingerprint density at radius 3 is 2.45 bits per heavy atom. The smallest absolute Gasteiger partial charge is 0.410 e. The second-order valence-electron chi connectivity index (χ2n) is 6.35. The highest BCUT2D eigenvalue weighted by molar-refractivity contribution is 14.2. The number of amides is 1. The zero-order chi connectivity index (χ0) is 17.2. The first kappa shape index (κ1) is 19.1. The molecular formula is C15H23FINO4. The molecule has 1 aliphatic heterocycles. The minimum Gasteiger partial charge on any atom is -0.481 e. The predicted molar refractivity (Wildman–Crippen MR) is 92.3 cm³/mol. The van der Waals surface area contributed by atoms with Crippen LogP contribution in [0.3, 0.4) is 0 Å². The number of allylic oxidation sites excluding steroid dienone is 1. The number of nitrogens with zero attached hydrogens (tertiary/aromatic N) is 1. The molecule has 0 aromatic heterocycles. The predicted octanol–water partition coefficient (Wildman–Crippen LogP) is 3.34. The second-order valence-corrected chi connectivity index (χ2v) is 8.69. The van der Waals surface area contributed by atoms with Gasteiger partial charge in [-0.05, 0) is 39.7 Å². The summed E-state index contributed by atoms with van der Waals surface area (Å²) >= 11 is -1.31. The fraction of sp³-hybridized carbons (Fsp3) is 0.667. The molecule has 1 heterocycles. The van der Waals surface area contributed by atoms with Crippen LogP contribution < -0.4 is 0 Å². The van der Waals surface area contributed by atoms with Gasteiger partial charge in [0, 0.05) is 13.1 Å². The molecular weight excluding hydrogens is 404 g/mol. The van der Waals surface area contributed by atoms with E-state index in [1.54, 1.807) is 20.8 Å². The summed E-state index contributed by atoms with van der Waals surface area (Å²) in [5.41, 5.74) is -2.39. The lowest BCUT2D eigenvalue weighted by Gasteiger charge is -2.45. The summed E-state index contributed by atoms with van der Waals surface area (Å²) in [4.78, 5) is 25.3. The monoisotopic (exact) mass is 427 g/mol. The van der Waals surface area contributed by atoms with Gasteiger partial charge in [-0.1, -0.05) is 31.8 Å². The van der Waals surface area contributed by atoms with E-state index < -0.39 is 47.5 Å². The number of carboxylic acid groups (broad SMARTS) is 1. The number of carbonyl (C=O) groups is 2. The zero-order valence-corrected chi connectivity index (χ0v) is 15.4. The lowest BCUT2D eigenvalue weighted by molar-refractivity contribution is -0.156. The van der Waals surface area contributed by atoms with Crippen LogP contribution in [-0.2, 0) is 9.53 Å². The summed E-state index contributed by atoms with van der Waals surface area (Å²) in [6, 6.07) is 0. The average molecular weight is 427 g/mol. The van der Waals surface area contributed by atoms with E-state index in [9.17, 15) is 14.7 Å². The Labute approximate surface area is 140 Å². The minimum atomic E-state index is -2.07. The Morgan fingerprint density at radius 2 is 2.05 bits per heavy atom. The van der Waals surface area contributed by atoms with E-state index >= 15 is 4.39 Å². The van der Waals surface area contributed by atoms with Crippen molar-refractivity contribution in [3.8, 4) is 0 Å². The van der Waals surface area contributed by atoms with Gasteiger partial charge in [-0.25, -0.2) is 9.18 Å². The minimum absolute atomic E-state index is 0.152. The van der Waals surface area contributed by atoms with Crippen LogP contribution in [0.1, 0.15) is 33.6 Å². The molecule has 22 heavy (non-hydrogen) atoms. The molecule has 2 atom stereocenters.